The van der Waals surface area contributed by atoms with E-state index in [0.717, 1.165) is 65.5 Å². The lowest BCUT2D eigenvalue weighted by Crippen LogP contribution is -1.94. The second-order valence-electron chi connectivity index (χ2n) is 13.7. The third kappa shape index (κ3) is 5.11. The van der Waals surface area contributed by atoms with Crippen LogP contribution in [0.5, 0.6) is 0 Å². The van der Waals surface area contributed by atoms with Crippen molar-refractivity contribution in [1.82, 2.24) is 9.97 Å². The molecular formula is C50H30N2OS. The summed E-state index contributed by atoms with van der Waals surface area (Å²) in [6.07, 6.45) is 0. The molecule has 0 spiro atoms. The van der Waals surface area contributed by atoms with Gasteiger partial charge in [-0.25, -0.2) is 9.97 Å². The number of para-hydroxylation sites is 1. The predicted octanol–water partition coefficient (Wildman–Crippen LogP) is 14.2. The number of nitrogens with zero attached hydrogens (tertiary/aromatic N) is 2. The molecule has 4 heteroatoms. The van der Waals surface area contributed by atoms with E-state index in [9.17, 15) is 0 Å². The minimum Gasteiger partial charge on any atom is -0.456 e. The molecule has 0 amide bonds. The highest BCUT2D eigenvalue weighted by Gasteiger charge is 2.20. The fraction of sp³-hybridized carbons (Fsp3) is 0. The maximum Gasteiger partial charge on any atom is 0.160 e. The smallest absolute Gasteiger partial charge is 0.160 e. The standard InChI is InChI=1S/C50H30N2OS/c1-2-10-31(11-3-1)33-20-25-36(26-21-33)47-49-48(41-15-7-9-17-45(41)54-49)52-50(51-47)39-29-42(46-40-14-6-8-16-43(40)53-44(46)30-39)35-23-18-34(19-24-35)38-27-22-32-12-4-5-13-37(32)28-38/h1-30H. The molecule has 0 unspecified atom stereocenters. The number of benzene rings is 8. The van der Waals surface area contributed by atoms with E-state index in [2.05, 4.69) is 164 Å². The maximum atomic E-state index is 6.57. The molecule has 0 N–H and O–H groups in total. The lowest BCUT2D eigenvalue weighted by Gasteiger charge is -2.11. The van der Waals surface area contributed by atoms with Gasteiger partial charge >= 0.3 is 0 Å². The first-order valence-electron chi connectivity index (χ1n) is 18.1. The van der Waals surface area contributed by atoms with Crippen LogP contribution in [0.15, 0.2) is 186 Å². The quantitative estimate of drug-likeness (QED) is 0.179. The molecule has 0 aliphatic heterocycles. The predicted molar refractivity (Wildman–Crippen MR) is 227 cm³/mol. The molecule has 3 nitrogen and oxygen atoms in total. The Labute approximate surface area is 315 Å². The fourth-order valence-corrected chi connectivity index (χ4v) is 8.94. The van der Waals surface area contributed by atoms with Gasteiger partial charge in [-0.1, -0.05) is 152 Å². The van der Waals surface area contributed by atoms with E-state index in [-0.39, 0.29) is 0 Å². The highest BCUT2D eigenvalue weighted by molar-refractivity contribution is 7.26. The molecule has 8 aromatic carbocycles. The van der Waals surface area contributed by atoms with Crippen molar-refractivity contribution in [3.8, 4) is 56.0 Å². The Kier molecular flexibility index (Phi) is 7.04. The van der Waals surface area contributed by atoms with Gasteiger partial charge in [-0.05, 0) is 74.5 Å². The van der Waals surface area contributed by atoms with E-state index in [0.29, 0.717) is 5.82 Å². The van der Waals surface area contributed by atoms with Crippen molar-refractivity contribution in [1.29, 1.82) is 0 Å². The SMILES string of the molecule is c1ccc(-c2ccc(-c3nc(-c4cc(-c5ccc(-c6ccc7ccccc7c6)cc5)c5c(c4)oc4ccccc45)nc4c3sc3ccccc34)cc2)cc1. The van der Waals surface area contributed by atoms with Crippen molar-refractivity contribution in [2.75, 3.05) is 0 Å². The van der Waals surface area contributed by atoms with Gasteiger partial charge in [-0.3, -0.25) is 0 Å². The van der Waals surface area contributed by atoms with Gasteiger partial charge in [-0.2, -0.15) is 0 Å². The lowest BCUT2D eigenvalue weighted by atomic mass is 9.94. The van der Waals surface area contributed by atoms with Crippen molar-refractivity contribution in [2.24, 2.45) is 0 Å². The van der Waals surface area contributed by atoms with Gasteiger partial charge in [0.15, 0.2) is 5.82 Å². The summed E-state index contributed by atoms with van der Waals surface area (Å²) in [5.41, 5.74) is 12.5. The summed E-state index contributed by atoms with van der Waals surface area (Å²) < 4.78 is 8.85. The Balaban J connectivity index is 1.10. The first-order valence-corrected chi connectivity index (χ1v) is 19.0. The third-order valence-corrected chi connectivity index (χ3v) is 11.7. The van der Waals surface area contributed by atoms with Gasteiger partial charge < -0.3 is 4.42 Å². The van der Waals surface area contributed by atoms with E-state index >= 15 is 0 Å². The topological polar surface area (TPSA) is 38.9 Å². The number of thiophene rings is 1. The van der Waals surface area contributed by atoms with E-state index < -0.39 is 0 Å². The van der Waals surface area contributed by atoms with Crippen LogP contribution in [0.2, 0.25) is 0 Å². The van der Waals surface area contributed by atoms with Gasteiger partial charge in [0.25, 0.3) is 0 Å². The van der Waals surface area contributed by atoms with E-state index in [1.54, 1.807) is 11.3 Å². The van der Waals surface area contributed by atoms with Gasteiger partial charge in [0.2, 0.25) is 0 Å². The molecule has 0 atom stereocenters. The van der Waals surface area contributed by atoms with Crippen LogP contribution < -0.4 is 0 Å². The van der Waals surface area contributed by atoms with Crippen molar-refractivity contribution in [3.05, 3.63) is 182 Å². The number of aromatic nitrogens is 2. The summed E-state index contributed by atoms with van der Waals surface area (Å²) in [7, 11) is 0. The molecule has 0 aliphatic rings. The molecule has 0 aliphatic carbocycles. The highest BCUT2D eigenvalue weighted by Crippen LogP contribution is 2.43. The summed E-state index contributed by atoms with van der Waals surface area (Å²) >= 11 is 1.75. The van der Waals surface area contributed by atoms with E-state index in [1.165, 1.54) is 37.7 Å². The summed E-state index contributed by atoms with van der Waals surface area (Å²) in [5, 5.41) is 5.80. The van der Waals surface area contributed by atoms with Gasteiger partial charge in [0.05, 0.1) is 15.9 Å². The number of furan rings is 1. The average Bonchev–Trinajstić information content (AvgIpc) is 3.82. The van der Waals surface area contributed by atoms with Gasteiger partial charge in [0, 0.05) is 32.0 Å². The zero-order valence-corrected chi connectivity index (χ0v) is 29.8. The molecule has 0 saturated carbocycles. The first kappa shape index (κ1) is 30.7. The fourth-order valence-electron chi connectivity index (χ4n) is 7.79. The Morgan fingerprint density at radius 2 is 1.04 bits per heavy atom. The zero-order chi connectivity index (χ0) is 35.6. The Morgan fingerprint density at radius 3 is 1.87 bits per heavy atom. The van der Waals surface area contributed by atoms with Crippen LogP contribution in [-0.4, -0.2) is 9.97 Å². The van der Waals surface area contributed by atoms with Crippen molar-refractivity contribution in [2.45, 2.75) is 0 Å². The molecule has 0 fully saturated rings. The summed E-state index contributed by atoms with van der Waals surface area (Å²) in [6.45, 7) is 0. The van der Waals surface area contributed by atoms with Gasteiger partial charge in [0.1, 0.15) is 11.2 Å². The van der Waals surface area contributed by atoms with Crippen LogP contribution >= 0.6 is 11.3 Å². The van der Waals surface area contributed by atoms with E-state index in [4.69, 9.17) is 14.4 Å². The second-order valence-corrected chi connectivity index (χ2v) is 14.8. The van der Waals surface area contributed by atoms with Crippen LogP contribution in [0.4, 0.5) is 0 Å². The molecule has 0 radical (unpaired) electrons. The number of hydrogen-bond acceptors (Lipinski definition) is 4. The first-order chi connectivity index (χ1) is 26.7. The van der Waals surface area contributed by atoms with Gasteiger partial charge in [-0.15, -0.1) is 11.3 Å². The normalized spacial score (nSPS) is 11.7. The number of hydrogen-bond donors (Lipinski definition) is 0. The molecular weight excluding hydrogens is 677 g/mol. The van der Waals surface area contributed by atoms with Crippen molar-refractivity contribution < 1.29 is 4.42 Å². The number of fused-ring (bicyclic) bond motifs is 7. The molecule has 0 bridgehead atoms. The summed E-state index contributed by atoms with van der Waals surface area (Å²) in [4.78, 5) is 10.7. The highest BCUT2D eigenvalue weighted by atomic mass is 32.1. The number of rotatable bonds is 5. The minimum atomic E-state index is 0.671. The van der Waals surface area contributed by atoms with Crippen LogP contribution in [0.3, 0.4) is 0 Å². The van der Waals surface area contributed by atoms with Crippen LogP contribution in [-0.2, 0) is 0 Å². The maximum absolute atomic E-state index is 6.57. The zero-order valence-electron chi connectivity index (χ0n) is 29.0. The van der Waals surface area contributed by atoms with Crippen molar-refractivity contribution in [3.63, 3.8) is 0 Å². The molecule has 3 heterocycles. The van der Waals surface area contributed by atoms with Crippen LogP contribution in [0.25, 0.3) is 109 Å². The molecule has 252 valence electrons. The Morgan fingerprint density at radius 1 is 0.407 bits per heavy atom. The van der Waals surface area contributed by atoms with Crippen LogP contribution in [0.1, 0.15) is 0 Å². The molecule has 54 heavy (non-hydrogen) atoms. The van der Waals surface area contributed by atoms with E-state index in [1.807, 2.05) is 18.2 Å². The summed E-state index contributed by atoms with van der Waals surface area (Å²) in [6, 6.07) is 64.4. The monoisotopic (exact) mass is 706 g/mol. The molecule has 0 saturated heterocycles. The Bertz CT molecular complexity index is 3200. The average molecular weight is 707 g/mol. The largest absolute Gasteiger partial charge is 0.456 e. The molecule has 11 aromatic rings. The summed E-state index contributed by atoms with van der Waals surface area (Å²) in [5.74, 6) is 0.671. The second kappa shape index (κ2) is 12.4. The minimum absolute atomic E-state index is 0.671. The molecule has 3 aromatic heterocycles. The lowest BCUT2D eigenvalue weighted by molar-refractivity contribution is 0.669. The third-order valence-electron chi connectivity index (χ3n) is 10.5. The molecule has 11 rings (SSSR count). The van der Waals surface area contributed by atoms with Crippen LogP contribution in [0, 0.1) is 0 Å². The Hall–Kier alpha value is -6.88. The van der Waals surface area contributed by atoms with Crippen molar-refractivity contribution >= 4 is 64.4 Å².